The Morgan fingerprint density at radius 2 is 1.80 bits per heavy atom. The Labute approximate surface area is 95.9 Å². The largest absolute Gasteiger partial charge is 0.391 e. The first-order chi connectivity index (χ1) is 7.04. The molecule has 84 valence electrons. The molecule has 15 heavy (non-hydrogen) atoms. The molecule has 0 bridgehead atoms. The van der Waals surface area contributed by atoms with Gasteiger partial charge in [0.05, 0.1) is 6.10 Å². The van der Waals surface area contributed by atoms with E-state index in [9.17, 15) is 5.11 Å². The second-order valence-corrected chi connectivity index (χ2v) is 4.96. The van der Waals surface area contributed by atoms with Crippen molar-refractivity contribution in [3.63, 3.8) is 0 Å². The van der Waals surface area contributed by atoms with Crippen molar-refractivity contribution in [1.82, 2.24) is 0 Å². The van der Waals surface area contributed by atoms with E-state index >= 15 is 0 Å². The van der Waals surface area contributed by atoms with E-state index in [-0.39, 0.29) is 0 Å². The SMILES string of the molecule is Cc1cc(C)c(SCC(O)CN)c(C)c1. The first kappa shape index (κ1) is 12.6. The second-order valence-electron chi connectivity index (χ2n) is 3.93. The van der Waals surface area contributed by atoms with E-state index in [4.69, 9.17) is 5.73 Å². The third kappa shape index (κ3) is 3.52. The third-order valence-corrected chi connectivity index (χ3v) is 3.78. The molecule has 3 N–H and O–H groups in total. The highest BCUT2D eigenvalue weighted by molar-refractivity contribution is 7.99. The Hall–Kier alpha value is -0.510. The lowest BCUT2D eigenvalue weighted by atomic mass is 10.1. The van der Waals surface area contributed by atoms with Crippen LogP contribution in [0.4, 0.5) is 0 Å². The van der Waals surface area contributed by atoms with Gasteiger partial charge in [-0.3, -0.25) is 0 Å². The number of rotatable bonds is 4. The molecule has 0 saturated carbocycles. The number of thioether (sulfide) groups is 1. The van der Waals surface area contributed by atoms with Gasteiger partial charge in [0.15, 0.2) is 0 Å². The van der Waals surface area contributed by atoms with E-state index < -0.39 is 6.10 Å². The zero-order valence-electron chi connectivity index (χ0n) is 9.58. The molecular formula is C12H19NOS. The normalized spacial score (nSPS) is 12.9. The third-order valence-electron chi connectivity index (χ3n) is 2.30. The Morgan fingerprint density at radius 1 is 1.27 bits per heavy atom. The van der Waals surface area contributed by atoms with Gasteiger partial charge < -0.3 is 10.8 Å². The summed E-state index contributed by atoms with van der Waals surface area (Å²) in [6, 6.07) is 4.34. The van der Waals surface area contributed by atoms with E-state index in [0.717, 1.165) is 0 Å². The van der Waals surface area contributed by atoms with E-state index in [2.05, 4.69) is 32.9 Å². The van der Waals surface area contributed by atoms with Crippen molar-refractivity contribution in [3.8, 4) is 0 Å². The van der Waals surface area contributed by atoms with Crippen LogP contribution in [0.2, 0.25) is 0 Å². The minimum absolute atomic E-state index is 0.330. The van der Waals surface area contributed by atoms with Gasteiger partial charge in [-0.05, 0) is 31.9 Å². The summed E-state index contributed by atoms with van der Waals surface area (Å²) in [5.41, 5.74) is 9.22. The summed E-state index contributed by atoms with van der Waals surface area (Å²) in [5, 5.41) is 9.41. The fourth-order valence-electron chi connectivity index (χ4n) is 1.64. The minimum atomic E-state index is -0.407. The number of aliphatic hydroxyl groups is 1. The smallest absolute Gasteiger partial charge is 0.0756 e. The highest BCUT2D eigenvalue weighted by Gasteiger charge is 2.07. The molecule has 1 unspecified atom stereocenters. The van der Waals surface area contributed by atoms with Crippen molar-refractivity contribution in [2.75, 3.05) is 12.3 Å². The molecule has 1 atom stereocenters. The van der Waals surface area contributed by atoms with Gasteiger partial charge >= 0.3 is 0 Å². The molecule has 0 aliphatic carbocycles. The van der Waals surface area contributed by atoms with E-state index in [0.29, 0.717) is 12.3 Å². The van der Waals surface area contributed by atoms with Gasteiger partial charge in [-0.2, -0.15) is 0 Å². The van der Waals surface area contributed by atoms with Crippen molar-refractivity contribution in [1.29, 1.82) is 0 Å². The molecule has 3 heteroatoms. The molecule has 0 spiro atoms. The topological polar surface area (TPSA) is 46.2 Å². The van der Waals surface area contributed by atoms with Crippen molar-refractivity contribution < 1.29 is 5.11 Å². The summed E-state index contributed by atoms with van der Waals surface area (Å²) in [6.45, 7) is 6.65. The molecule has 0 aromatic heterocycles. The highest BCUT2D eigenvalue weighted by atomic mass is 32.2. The van der Waals surface area contributed by atoms with Crippen LogP contribution in [0.1, 0.15) is 16.7 Å². The van der Waals surface area contributed by atoms with Crippen LogP contribution in [0.3, 0.4) is 0 Å². The molecule has 0 amide bonds. The maximum Gasteiger partial charge on any atom is 0.0756 e. The molecule has 0 aliphatic rings. The van der Waals surface area contributed by atoms with Crippen LogP contribution in [0.5, 0.6) is 0 Å². The zero-order valence-corrected chi connectivity index (χ0v) is 10.4. The number of hydrogen-bond acceptors (Lipinski definition) is 3. The Kier molecular flexibility index (Phi) is 4.64. The molecule has 1 aromatic carbocycles. The van der Waals surface area contributed by atoms with Gasteiger partial charge in [0.1, 0.15) is 0 Å². The highest BCUT2D eigenvalue weighted by Crippen LogP contribution is 2.27. The van der Waals surface area contributed by atoms with Gasteiger partial charge in [0, 0.05) is 17.2 Å². The molecule has 2 nitrogen and oxygen atoms in total. The number of nitrogens with two attached hydrogens (primary N) is 1. The first-order valence-corrected chi connectivity index (χ1v) is 6.12. The molecule has 0 saturated heterocycles. The van der Waals surface area contributed by atoms with Crippen LogP contribution in [0.25, 0.3) is 0 Å². The van der Waals surface area contributed by atoms with Crippen LogP contribution >= 0.6 is 11.8 Å². The number of aryl methyl sites for hydroxylation is 3. The average Bonchev–Trinajstić information content (AvgIpc) is 2.15. The summed E-state index contributed by atoms with van der Waals surface area (Å²) in [5.74, 6) is 0.668. The zero-order chi connectivity index (χ0) is 11.4. The van der Waals surface area contributed by atoms with E-state index in [1.807, 2.05) is 0 Å². The predicted molar refractivity (Wildman–Crippen MR) is 66.4 cm³/mol. The predicted octanol–water partition coefficient (Wildman–Crippen LogP) is 2.02. The monoisotopic (exact) mass is 225 g/mol. The minimum Gasteiger partial charge on any atom is -0.391 e. The maximum absolute atomic E-state index is 9.41. The molecule has 1 rings (SSSR count). The quantitative estimate of drug-likeness (QED) is 0.771. The van der Waals surface area contributed by atoms with Gasteiger partial charge in [0.2, 0.25) is 0 Å². The molecule has 0 radical (unpaired) electrons. The second kappa shape index (κ2) is 5.54. The summed E-state index contributed by atoms with van der Waals surface area (Å²) < 4.78 is 0. The molecule has 0 aliphatic heterocycles. The number of benzene rings is 1. The van der Waals surface area contributed by atoms with Gasteiger partial charge in [-0.25, -0.2) is 0 Å². The van der Waals surface area contributed by atoms with Crippen molar-refractivity contribution in [2.45, 2.75) is 31.8 Å². The maximum atomic E-state index is 9.41. The average molecular weight is 225 g/mol. The first-order valence-electron chi connectivity index (χ1n) is 5.13. The lowest BCUT2D eigenvalue weighted by Crippen LogP contribution is -2.21. The van der Waals surface area contributed by atoms with Crippen LogP contribution in [-0.2, 0) is 0 Å². The lowest BCUT2D eigenvalue weighted by Gasteiger charge is -2.12. The van der Waals surface area contributed by atoms with Crippen LogP contribution in [0, 0.1) is 20.8 Å². The summed E-state index contributed by atoms with van der Waals surface area (Å²) >= 11 is 1.69. The standard InChI is InChI=1S/C12H19NOS/c1-8-4-9(2)12(10(3)5-8)15-7-11(14)6-13/h4-5,11,14H,6-7,13H2,1-3H3. The Bertz CT molecular complexity index is 315. The lowest BCUT2D eigenvalue weighted by molar-refractivity contribution is 0.208. The molecule has 0 fully saturated rings. The van der Waals surface area contributed by atoms with Gasteiger partial charge in [-0.15, -0.1) is 11.8 Å². The van der Waals surface area contributed by atoms with E-state index in [1.165, 1.54) is 21.6 Å². The Morgan fingerprint density at radius 3 is 2.27 bits per heavy atom. The Balaban J connectivity index is 2.77. The fraction of sp³-hybridized carbons (Fsp3) is 0.500. The summed E-state index contributed by atoms with van der Waals surface area (Å²) in [4.78, 5) is 1.27. The van der Waals surface area contributed by atoms with Crippen LogP contribution in [-0.4, -0.2) is 23.5 Å². The van der Waals surface area contributed by atoms with Crippen molar-refractivity contribution in [2.24, 2.45) is 5.73 Å². The van der Waals surface area contributed by atoms with Gasteiger partial charge in [0.25, 0.3) is 0 Å². The summed E-state index contributed by atoms with van der Waals surface area (Å²) in [6.07, 6.45) is -0.407. The van der Waals surface area contributed by atoms with E-state index in [1.54, 1.807) is 11.8 Å². The fourth-order valence-corrected chi connectivity index (χ4v) is 2.71. The van der Waals surface area contributed by atoms with Gasteiger partial charge in [-0.1, -0.05) is 17.7 Å². The molecule has 0 heterocycles. The molecule has 1 aromatic rings. The van der Waals surface area contributed by atoms with Crippen molar-refractivity contribution in [3.05, 3.63) is 28.8 Å². The number of aliphatic hydroxyl groups excluding tert-OH is 1. The molecular weight excluding hydrogens is 206 g/mol. The van der Waals surface area contributed by atoms with Crippen molar-refractivity contribution >= 4 is 11.8 Å². The number of hydrogen-bond donors (Lipinski definition) is 2. The van der Waals surface area contributed by atoms with Crippen LogP contribution < -0.4 is 5.73 Å². The summed E-state index contributed by atoms with van der Waals surface area (Å²) in [7, 11) is 0. The van der Waals surface area contributed by atoms with Crippen LogP contribution in [0.15, 0.2) is 17.0 Å².